The number of nitrogens with one attached hydrogen (secondary N) is 1. The van der Waals surface area contributed by atoms with E-state index in [0.29, 0.717) is 11.3 Å². The second kappa shape index (κ2) is 7.29. The van der Waals surface area contributed by atoms with E-state index >= 15 is 0 Å². The largest absolute Gasteiger partial charge is 0.355 e. The Morgan fingerprint density at radius 2 is 1.32 bits per heavy atom. The highest BCUT2D eigenvalue weighted by Gasteiger charge is 2.21. The molecule has 2 rings (SSSR count). The van der Waals surface area contributed by atoms with Crippen LogP contribution in [-0.2, 0) is 0 Å². The summed E-state index contributed by atoms with van der Waals surface area (Å²) in [7, 11) is -0.173. The van der Waals surface area contributed by atoms with Gasteiger partial charge in [-0.1, -0.05) is 72.0 Å². The SMILES string of the molecule is Cc1cccc(C)c1Nc1ccccc1P(C(C)C)C(C)C. The van der Waals surface area contributed by atoms with Crippen molar-refractivity contribution in [1.82, 2.24) is 0 Å². The third-order valence-electron chi connectivity index (χ3n) is 4.04. The molecule has 0 fully saturated rings. The first kappa shape index (κ1) is 17.0. The molecule has 1 nitrogen and oxygen atoms in total. The van der Waals surface area contributed by atoms with E-state index in [0.717, 1.165) is 0 Å². The maximum absolute atomic E-state index is 3.72. The maximum atomic E-state index is 3.72. The van der Waals surface area contributed by atoms with E-state index in [2.05, 4.69) is 89.3 Å². The molecular formula is C20H28NP. The highest BCUT2D eigenvalue weighted by Crippen LogP contribution is 2.47. The summed E-state index contributed by atoms with van der Waals surface area (Å²) in [4.78, 5) is 0. The van der Waals surface area contributed by atoms with Crippen molar-refractivity contribution in [2.45, 2.75) is 52.9 Å². The summed E-state index contributed by atoms with van der Waals surface area (Å²) >= 11 is 0. The Morgan fingerprint density at radius 1 is 0.773 bits per heavy atom. The average Bonchev–Trinajstić information content (AvgIpc) is 2.44. The Balaban J connectivity index is 2.45. The molecule has 0 aliphatic rings. The molecule has 0 aliphatic carbocycles. The summed E-state index contributed by atoms with van der Waals surface area (Å²) in [6.07, 6.45) is 0. The number of hydrogen-bond acceptors (Lipinski definition) is 1. The van der Waals surface area contributed by atoms with Crippen molar-refractivity contribution in [3.63, 3.8) is 0 Å². The van der Waals surface area contributed by atoms with Crippen LogP contribution in [0.5, 0.6) is 0 Å². The van der Waals surface area contributed by atoms with Crippen molar-refractivity contribution in [3.8, 4) is 0 Å². The van der Waals surface area contributed by atoms with Gasteiger partial charge in [-0.05, 0) is 47.7 Å². The van der Waals surface area contributed by atoms with Gasteiger partial charge in [-0.15, -0.1) is 0 Å². The minimum atomic E-state index is -0.173. The fourth-order valence-electron chi connectivity index (χ4n) is 3.10. The second-order valence-electron chi connectivity index (χ2n) is 6.50. The Kier molecular flexibility index (Phi) is 5.64. The van der Waals surface area contributed by atoms with Gasteiger partial charge in [-0.3, -0.25) is 0 Å². The zero-order chi connectivity index (χ0) is 16.3. The molecule has 0 atom stereocenters. The number of anilines is 2. The van der Waals surface area contributed by atoms with E-state index in [1.807, 2.05) is 0 Å². The Morgan fingerprint density at radius 3 is 1.86 bits per heavy atom. The molecule has 22 heavy (non-hydrogen) atoms. The number of para-hydroxylation sites is 2. The predicted octanol–water partition coefficient (Wildman–Crippen LogP) is 5.97. The van der Waals surface area contributed by atoms with E-state index in [1.54, 1.807) is 0 Å². The molecule has 2 aromatic carbocycles. The molecule has 0 unspecified atom stereocenters. The minimum Gasteiger partial charge on any atom is -0.355 e. The first-order valence-corrected chi connectivity index (χ1v) is 9.60. The molecule has 1 N–H and O–H groups in total. The van der Waals surface area contributed by atoms with Crippen LogP contribution in [0.2, 0.25) is 0 Å². The summed E-state index contributed by atoms with van der Waals surface area (Å²) in [6, 6.07) is 15.3. The maximum Gasteiger partial charge on any atom is 0.0462 e. The van der Waals surface area contributed by atoms with Crippen molar-refractivity contribution >= 4 is 24.6 Å². The van der Waals surface area contributed by atoms with Gasteiger partial charge in [0.2, 0.25) is 0 Å². The Hall–Kier alpha value is -1.33. The smallest absolute Gasteiger partial charge is 0.0462 e. The van der Waals surface area contributed by atoms with Crippen molar-refractivity contribution in [1.29, 1.82) is 0 Å². The van der Waals surface area contributed by atoms with E-state index in [4.69, 9.17) is 0 Å². The van der Waals surface area contributed by atoms with Crippen LogP contribution >= 0.6 is 7.92 Å². The molecule has 2 heteroatoms. The van der Waals surface area contributed by atoms with Crippen molar-refractivity contribution in [2.24, 2.45) is 0 Å². The van der Waals surface area contributed by atoms with Crippen LogP contribution in [0, 0.1) is 13.8 Å². The standard InChI is InChI=1S/C20H28NP/c1-14(2)22(15(3)4)19-13-8-7-12-18(19)21-20-16(5)10-9-11-17(20)6/h7-15,21H,1-6H3. The molecule has 118 valence electrons. The summed E-state index contributed by atoms with van der Waals surface area (Å²) in [6.45, 7) is 13.7. The van der Waals surface area contributed by atoms with Crippen LogP contribution in [0.4, 0.5) is 11.4 Å². The molecule has 0 saturated heterocycles. The van der Waals surface area contributed by atoms with Gasteiger partial charge in [0.05, 0.1) is 0 Å². The zero-order valence-corrected chi connectivity index (χ0v) is 15.5. The van der Waals surface area contributed by atoms with E-state index in [-0.39, 0.29) is 7.92 Å². The molecule has 0 spiro atoms. The Bertz CT molecular complexity index is 603. The molecule has 0 radical (unpaired) electrons. The molecule has 0 aliphatic heterocycles. The molecule has 2 aromatic rings. The fraction of sp³-hybridized carbons (Fsp3) is 0.400. The van der Waals surface area contributed by atoms with Gasteiger partial charge in [-0.25, -0.2) is 0 Å². The van der Waals surface area contributed by atoms with Crippen LogP contribution in [0.1, 0.15) is 38.8 Å². The average molecular weight is 313 g/mol. The van der Waals surface area contributed by atoms with Crippen LogP contribution in [0.3, 0.4) is 0 Å². The molecule has 0 heterocycles. The van der Waals surface area contributed by atoms with Gasteiger partial charge < -0.3 is 5.32 Å². The van der Waals surface area contributed by atoms with Crippen LogP contribution in [-0.4, -0.2) is 11.3 Å². The van der Waals surface area contributed by atoms with Gasteiger partial charge in [-0.2, -0.15) is 0 Å². The van der Waals surface area contributed by atoms with Gasteiger partial charge in [0.25, 0.3) is 0 Å². The molecular weight excluding hydrogens is 285 g/mol. The molecule has 0 saturated carbocycles. The van der Waals surface area contributed by atoms with E-state index < -0.39 is 0 Å². The second-order valence-corrected chi connectivity index (χ2v) is 9.87. The summed E-state index contributed by atoms with van der Waals surface area (Å²) in [5.41, 5.74) is 6.50. The Labute approximate surface area is 136 Å². The fourth-order valence-corrected chi connectivity index (χ4v) is 6.08. The number of aryl methyl sites for hydroxylation is 2. The van der Waals surface area contributed by atoms with Crippen molar-refractivity contribution < 1.29 is 0 Å². The lowest BCUT2D eigenvalue weighted by molar-refractivity contribution is 1.02. The zero-order valence-electron chi connectivity index (χ0n) is 14.6. The van der Waals surface area contributed by atoms with Crippen LogP contribution < -0.4 is 10.6 Å². The van der Waals surface area contributed by atoms with Crippen molar-refractivity contribution in [3.05, 3.63) is 53.6 Å². The molecule has 0 aromatic heterocycles. The van der Waals surface area contributed by atoms with Gasteiger partial charge in [0, 0.05) is 11.4 Å². The highest BCUT2D eigenvalue weighted by molar-refractivity contribution is 7.67. The van der Waals surface area contributed by atoms with E-state index in [1.165, 1.54) is 27.8 Å². The summed E-state index contributed by atoms with van der Waals surface area (Å²) in [5, 5.41) is 5.21. The van der Waals surface area contributed by atoms with Crippen molar-refractivity contribution in [2.75, 3.05) is 5.32 Å². The molecule has 0 bridgehead atoms. The number of hydrogen-bond donors (Lipinski definition) is 1. The number of rotatable bonds is 5. The van der Waals surface area contributed by atoms with Gasteiger partial charge in [0.15, 0.2) is 0 Å². The monoisotopic (exact) mass is 313 g/mol. The van der Waals surface area contributed by atoms with Gasteiger partial charge in [0.1, 0.15) is 0 Å². The predicted molar refractivity (Wildman–Crippen MR) is 102 cm³/mol. The quantitative estimate of drug-likeness (QED) is 0.670. The van der Waals surface area contributed by atoms with Crippen LogP contribution in [0.25, 0.3) is 0 Å². The third-order valence-corrected chi connectivity index (χ3v) is 7.21. The lowest BCUT2D eigenvalue weighted by atomic mass is 10.1. The topological polar surface area (TPSA) is 12.0 Å². The van der Waals surface area contributed by atoms with Gasteiger partial charge >= 0.3 is 0 Å². The first-order chi connectivity index (χ1) is 10.4. The lowest BCUT2D eigenvalue weighted by Gasteiger charge is -2.29. The molecule has 0 amide bonds. The summed E-state index contributed by atoms with van der Waals surface area (Å²) in [5.74, 6) is 0. The van der Waals surface area contributed by atoms with Crippen LogP contribution in [0.15, 0.2) is 42.5 Å². The normalized spacial score (nSPS) is 11.5. The van der Waals surface area contributed by atoms with E-state index in [9.17, 15) is 0 Å². The first-order valence-electron chi connectivity index (χ1n) is 8.12. The lowest BCUT2D eigenvalue weighted by Crippen LogP contribution is -2.18. The summed E-state index contributed by atoms with van der Waals surface area (Å²) < 4.78 is 0. The number of benzene rings is 2. The minimum absolute atomic E-state index is 0.173. The highest BCUT2D eigenvalue weighted by atomic mass is 31.1. The third kappa shape index (κ3) is 3.70.